The zero-order chi connectivity index (χ0) is 9.35. The minimum Gasteiger partial charge on any atom is -0.241 e. The summed E-state index contributed by atoms with van der Waals surface area (Å²) in [6.07, 6.45) is 0. The molecule has 0 atom stereocenters. The molecule has 3 nitrogen and oxygen atoms in total. The summed E-state index contributed by atoms with van der Waals surface area (Å²) in [5, 5.41) is -0.0359. The van der Waals surface area contributed by atoms with Crippen LogP contribution in [-0.4, -0.2) is 13.4 Å². The van der Waals surface area contributed by atoms with Crippen LogP contribution < -0.4 is 0 Å². The third kappa shape index (κ3) is 2.15. The lowest BCUT2D eigenvalue weighted by atomic mass is 10.4. The van der Waals surface area contributed by atoms with Crippen molar-refractivity contribution in [3.05, 3.63) is 23.0 Å². The van der Waals surface area contributed by atoms with Crippen molar-refractivity contribution in [2.24, 2.45) is 0 Å². The van der Waals surface area contributed by atoms with E-state index in [-0.39, 0.29) is 5.15 Å². The molecule has 0 N–H and O–H groups in total. The molecule has 0 aromatic carbocycles. The van der Waals surface area contributed by atoms with Crippen molar-refractivity contribution >= 4 is 21.8 Å². The summed E-state index contributed by atoms with van der Waals surface area (Å²) < 4.78 is 33.1. The molecule has 6 heteroatoms. The molecule has 1 aromatic heterocycles. The summed E-state index contributed by atoms with van der Waals surface area (Å²) >= 11 is 5.41. The van der Waals surface area contributed by atoms with Gasteiger partial charge in [0.25, 0.3) is 0 Å². The highest BCUT2D eigenvalue weighted by Gasteiger charge is 2.13. The Morgan fingerprint density at radius 1 is 1.50 bits per heavy atom. The van der Waals surface area contributed by atoms with E-state index in [1.54, 1.807) is 0 Å². The molecule has 0 bridgehead atoms. The van der Waals surface area contributed by atoms with Crippen molar-refractivity contribution in [1.29, 1.82) is 0 Å². The second-order valence-electron chi connectivity index (χ2n) is 2.20. The van der Waals surface area contributed by atoms with Gasteiger partial charge in [-0.25, -0.2) is 4.98 Å². The summed E-state index contributed by atoms with van der Waals surface area (Å²) in [5.74, 6) is 0. The largest absolute Gasteiger partial charge is 0.332 e. The van der Waals surface area contributed by atoms with Crippen LogP contribution in [0.25, 0.3) is 0 Å². The van der Waals surface area contributed by atoms with Gasteiger partial charge < -0.3 is 0 Å². The molecule has 0 fully saturated rings. The molecular weight excluding hydrogens is 205 g/mol. The van der Waals surface area contributed by atoms with E-state index in [1.807, 2.05) is 0 Å². The standard InChI is InChI=1S/C6H5ClFNO2S/c1-4-2-5(12(8,10)11)3-6(7)9-4/h2-3H,1H3. The van der Waals surface area contributed by atoms with E-state index in [1.165, 1.54) is 6.92 Å². The first-order valence-corrected chi connectivity index (χ1v) is 4.74. The molecule has 0 saturated carbocycles. The highest BCUT2D eigenvalue weighted by atomic mass is 35.5. The molecule has 0 radical (unpaired) electrons. The average Bonchev–Trinajstić information content (AvgIpc) is 1.82. The second kappa shape index (κ2) is 2.99. The SMILES string of the molecule is Cc1cc(S(=O)(=O)F)cc(Cl)n1. The Morgan fingerprint density at radius 2 is 2.08 bits per heavy atom. The number of hydrogen-bond acceptors (Lipinski definition) is 3. The van der Waals surface area contributed by atoms with Crippen LogP contribution in [0.5, 0.6) is 0 Å². The van der Waals surface area contributed by atoms with Gasteiger partial charge in [-0.2, -0.15) is 8.42 Å². The third-order valence-electron chi connectivity index (χ3n) is 1.18. The Labute approximate surface area is 74.4 Å². The fourth-order valence-electron chi connectivity index (χ4n) is 0.739. The number of hydrogen-bond donors (Lipinski definition) is 0. The molecule has 0 aliphatic rings. The fraction of sp³-hybridized carbons (Fsp3) is 0.167. The Hall–Kier alpha value is -0.680. The van der Waals surface area contributed by atoms with Gasteiger partial charge in [-0.1, -0.05) is 11.6 Å². The molecular formula is C6H5ClFNO2S. The fourth-order valence-corrected chi connectivity index (χ4v) is 1.62. The van der Waals surface area contributed by atoms with Crippen molar-refractivity contribution in [3.8, 4) is 0 Å². The molecule has 1 rings (SSSR count). The van der Waals surface area contributed by atoms with Gasteiger partial charge >= 0.3 is 10.2 Å². The lowest BCUT2D eigenvalue weighted by molar-refractivity contribution is 0.552. The van der Waals surface area contributed by atoms with Crippen molar-refractivity contribution in [3.63, 3.8) is 0 Å². The summed E-state index contributed by atoms with van der Waals surface area (Å²) in [4.78, 5) is 3.22. The molecule has 12 heavy (non-hydrogen) atoms. The molecule has 0 amide bonds. The first-order chi connectivity index (χ1) is 5.39. The van der Waals surface area contributed by atoms with Crippen molar-refractivity contribution < 1.29 is 12.3 Å². The van der Waals surface area contributed by atoms with E-state index >= 15 is 0 Å². The van der Waals surface area contributed by atoms with E-state index in [4.69, 9.17) is 11.6 Å². The van der Waals surface area contributed by atoms with E-state index in [2.05, 4.69) is 4.98 Å². The number of halogens is 2. The van der Waals surface area contributed by atoms with Crippen LogP contribution in [0.3, 0.4) is 0 Å². The van der Waals surface area contributed by atoms with Gasteiger partial charge in [0.1, 0.15) is 10.0 Å². The van der Waals surface area contributed by atoms with Gasteiger partial charge in [0, 0.05) is 5.69 Å². The Kier molecular flexibility index (Phi) is 2.34. The topological polar surface area (TPSA) is 47.0 Å². The average molecular weight is 210 g/mol. The molecule has 0 unspecified atom stereocenters. The van der Waals surface area contributed by atoms with Gasteiger partial charge in [0.2, 0.25) is 0 Å². The Balaban J connectivity index is 3.37. The monoisotopic (exact) mass is 209 g/mol. The molecule has 0 aliphatic heterocycles. The predicted molar refractivity (Wildman–Crippen MR) is 42.3 cm³/mol. The minimum absolute atomic E-state index is 0.0359. The van der Waals surface area contributed by atoms with Gasteiger partial charge in [0.05, 0.1) is 0 Å². The normalized spacial score (nSPS) is 11.6. The number of nitrogens with zero attached hydrogens (tertiary/aromatic N) is 1. The van der Waals surface area contributed by atoms with E-state index in [9.17, 15) is 12.3 Å². The van der Waals surface area contributed by atoms with Crippen LogP contribution in [0, 0.1) is 6.92 Å². The summed E-state index contributed by atoms with van der Waals surface area (Å²) in [6, 6.07) is 2.07. The van der Waals surface area contributed by atoms with Crippen molar-refractivity contribution in [1.82, 2.24) is 4.98 Å². The Morgan fingerprint density at radius 3 is 2.50 bits per heavy atom. The highest BCUT2D eigenvalue weighted by Crippen LogP contribution is 2.16. The van der Waals surface area contributed by atoms with E-state index < -0.39 is 15.1 Å². The quantitative estimate of drug-likeness (QED) is 0.523. The summed E-state index contributed by atoms with van der Waals surface area (Å²) in [5.41, 5.74) is 0.360. The van der Waals surface area contributed by atoms with Crippen molar-refractivity contribution in [2.45, 2.75) is 11.8 Å². The summed E-state index contributed by atoms with van der Waals surface area (Å²) in [7, 11) is -4.67. The maximum absolute atomic E-state index is 12.4. The smallest absolute Gasteiger partial charge is 0.241 e. The van der Waals surface area contributed by atoms with Crippen LogP contribution >= 0.6 is 11.6 Å². The first-order valence-electron chi connectivity index (χ1n) is 2.98. The van der Waals surface area contributed by atoms with Crippen molar-refractivity contribution in [2.75, 3.05) is 0 Å². The van der Waals surface area contributed by atoms with Crippen LogP contribution in [0.2, 0.25) is 5.15 Å². The predicted octanol–water partition coefficient (Wildman–Crippen LogP) is 1.70. The molecule has 66 valence electrons. The molecule has 1 heterocycles. The zero-order valence-corrected chi connectivity index (χ0v) is 7.66. The summed E-state index contributed by atoms with van der Waals surface area (Å²) in [6.45, 7) is 1.53. The number of aromatic nitrogens is 1. The number of aryl methyl sites for hydroxylation is 1. The highest BCUT2D eigenvalue weighted by molar-refractivity contribution is 7.86. The van der Waals surface area contributed by atoms with Crippen LogP contribution in [-0.2, 0) is 10.2 Å². The Bertz CT molecular complexity index is 384. The van der Waals surface area contributed by atoms with Gasteiger partial charge in [-0.15, -0.1) is 3.89 Å². The van der Waals surface area contributed by atoms with E-state index in [0.717, 1.165) is 12.1 Å². The first kappa shape index (κ1) is 9.41. The lowest BCUT2D eigenvalue weighted by Gasteiger charge is -1.97. The molecule has 0 spiro atoms. The van der Waals surface area contributed by atoms with E-state index in [0.29, 0.717) is 5.69 Å². The third-order valence-corrected chi connectivity index (χ3v) is 2.17. The van der Waals surface area contributed by atoms with Crippen LogP contribution in [0.1, 0.15) is 5.69 Å². The molecule has 0 saturated heterocycles. The van der Waals surface area contributed by atoms with Gasteiger partial charge in [-0.3, -0.25) is 0 Å². The van der Waals surface area contributed by atoms with Gasteiger partial charge in [-0.05, 0) is 19.1 Å². The maximum atomic E-state index is 12.4. The number of rotatable bonds is 1. The second-order valence-corrected chi connectivity index (χ2v) is 3.94. The van der Waals surface area contributed by atoms with Crippen LogP contribution in [0.15, 0.2) is 17.0 Å². The number of pyridine rings is 1. The lowest BCUT2D eigenvalue weighted by Crippen LogP contribution is -1.94. The van der Waals surface area contributed by atoms with Gasteiger partial charge in [0.15, 0.2) is 0 Å². The molecule has 1 aromatic rings. The minimum atomic E-state index is -4.67. The zero-order valence-electron chi connectivity index (χ0n) is 6.08. The maximum Gasteiger partial charge on any atom is 0.332 e. The molecule has 0 aliphatic carbocycles. The van der Waals surface area contributed by atoms with Crippen LogP contribution in [0.4, 0.5) is 3.89 Å².